The predicted octanol–water partition coefficient (Wildman–Crippen LogP) is 3.89. The fourth-order valence-corrected chi connectivity index (χ4v) is 1.97. The largest absolute Gasteiger partial charge is 0.383 e. The molecule has 0 unspecified atom stereocenters. The molecule has 2 rings (SSSR count). The lowest BCUT2D eigenvalue weighted by Gasteiger charge is -2.19. The molecular formula is C15H17ClN2. The highest BCUT2D eigenvalue weighted by Crippen LogP contribution is 2.15. The van der Waals surface area contributed by atoms with Crippen LogP contribution >= 0.6 is 11.6 Å². The van der Waals surface area contributed by atoms with Gasteiger partial charge in [-0.15, -0.1) is 0 Å². The number of para-hydroxylation sites is 1. The second kappa shape index (κ2) is 6.31. The molecule has 1 N–H and O–H groups in total. The highest BCUT2D eigenvalue weighted by atomic mass is 35.5. The zero-order valence-electron chi connectivity index (χ0n) is 10.4. The molecule has 0 aliphatic rings. The van der Waals surface area contributed by atoms with Crippen LogP contribution in [0.15, 0.2) is 54.6 Å². The summed E-state index contributed by atoms with van der Waals surface area (Å²) in [6, 6.07) is 18.1. The zero-order chi connectivity index (χ0) is 12.8. The maximum atomic E-state index is 5.93. The van der Waals surface area contributed by atoms with Crippen LogP contribution in [0, 0.1) is 0 Å². The Balaban J connectivity index is 1.82. The Labute approximate surface area is 113 Å². The van der Waals surface area contributed by atoms with Crippen molar-refractivity contribution in [3.63, 3.8) is 0 Å². The first-order chi connectivity index (χ1) is 8.75. The van der Waals surface area contributed by atoms with Crippen molar-refractivity contribution in [3.8, 4) is 0 Å². The highest BCUT2D eigenvalue weighted by molar-refractivity contribution is 6.30. The van der Waals surface area contributed by atoms with Gasteiger partial charge < -0.3 is 10.2 Å². The van der Waals surface area contributed by atoms with Crippen LogP contribution in [0.3, 0.4) is 0 Å². The van der Waals surface area contributed by atoms with E-state index in [0.29, 0.717) is 0 Å². The van der Waals surface area contributed by atoms with Gasteiger partial charge in [0.2, 0.25) is 0 Å². The molecule has 2 aromatic carbocycles. The molecule has 0 amide bonds. The SMILES string of the molecule is CN(CCNc1cccc(Cl)c1)c1ccccc1. The van der Waals surface area contributed by atoms with E-state index in [1.54, 1.807) is 0 Å². The van der Waals surface area contributed by atoms with Gasteiger partial charge in [0.05, 0.1) is 0 Å². The number of nitrogens with one attached hydrogen (secondary N) is 1. The lowest BCUT2D eigenvalue weighted by Crippen LogP contribution is -2.24. The Morgan fingerprint density at radius 2 is 1.83 bits per heavy atom. The molecule has 0 fully saturated rings. The van der Waals surface area contributed by atoms with Gasteiger partial charge in [-0.2, -0.15) is 0 Å². The summed E-state index contributed by atoms with van der Waals surface area (Å²) in [6.45, 7) is 1.82. The van der Waals surface area contributed by atoms with Crippen molar-refractivity contribution in [3.05, 3.63) is 59.6 Å². The molecular weight excluding hydrogens is 244 g/mol. The van der Waals surface area contributed by atoms with Crippen LogP contribution in [0.25, 0.3) is 0 Å². The molecule has 0 radical (unpaired) electrons. The molecule has 0 aromatic heterocycles. The number of anilines is 2. The first-order valence-corrected chi connectivity index (χ1v) is 6.39. The summed E-state index contributed by atoms with van der Waals surface area (Å²) >= 11 is 5.93. The zero-order valence-corrected chi connectivity index (χ0v) is 11.2. The van der Waals surface area contributed by atoms with Crippen molar-refractivity contribution in [2.75, 3.05) is 30.4 Å². The fourth-order valence-electron chi connectivity index (χ4n) is 1.78. The lowest BCUT2D eigenvalue weighted by molar-refractivity contribution is 0.915. The van der Waals surface area contributed by atoms with Crippen molar-refractivity contribution < 1.29 is 0 Å². The minimum absolute atomic E-state index is 0.761. The Morgan fingerprint density at radius 1 is 1.06 bits per heavy atom. The van der Waals surface area contributed by atoms with Crippen molar-refractivity contribution in [1.29, 1.82) is 0 Å². The van der Waals surface area contributed by atoms with Gasteiger partial charge in [0.1, 0.15) is 0 Å². The molecule has 0 saturated carbocycles. The second-order valence-electron chi connectivity index (χ2n) is 4.19. The average molecular weight is 261 g/mol. The summed E-state index contributed by atoms with van der Waals surface area (Å²) in [7, 11) is 2.09. The van der Waals surface area contributed by atoms with E-state index in [4.69, 9.17) is 11.6 Å². The minimum atomic E-state index is 0.761. The van der Waals surface area contributed by atoms with Crippen LogP contribution in [0.4, 0.5) is 11.4 Å². The van der Waals surface area contributed by atoms with E-state index in [1.807, 2.05) is 30.3 Å². The highest BCUT2D eigenvalue weighted by Gasteiger charge is 1.99. The number of likely N-dealkylation sites (N-methyl/N-ethyl adjacent to an activating group) is 1. The molecule has 0 aliphatic carbocycles. The standard InChI is InChI=1S/C15H17ClN2/c1-18(15-8-3-2-4-9-15)11-10-17-14-7-5-6-13(16)12-14/h2-9,12,17H,10-11H2,1H3. The third-order valence-corrected chi connectivity index (χ3v) is 3.03. The first kappa shape index (κ1) is 12.8. The van der Waals surface area contributed by atoms with Gasteiger partial charge in [-0.3, -0.25) is 0 Å². The summed E-state index contributed by atoms with van der Waals surface area (Å²) < 4.78 is 0. The molecule has 2 aromatic rings. The summed E-state index contributed by atoms with van der Waals surface area (Å²) in [4.78, 5) is 2.22. The van der Waals surface area contributed by atoms with Crippen LogP contribution < -0.4 is 10.2 Å². The smallest absolute Gasteiger partial charge is 0.0426 e. The van der Waals surface area contributed by atoms with Crippen LogP contribution in [0.2, 0.25) is 5.02 Å². The van der Waals surface area contributed by atoms with E-state index in [1.165, 1.54) is 5.69 Å². The monoisotopic (exact) mass is 260 g/mol. The molecule has 0 saturated heterocycles. The van der Waals surface area contributed by atoms with Crippen molar-refractivity contribution in [1.82, 2.24) is 0 Å². The molecule has 0 spiro atoms. The van der Waals surface area contributed by atoms with Gasteiger partial charge in [-0.25, -0.2) is 0 Å². The van der Waals surface area contributed by atoms with Gasteiger partial charge in [-0.05, 0) is 30.3 Å². The number of hydrogen-bond acceptors (Lipinski definition) is 2. The van der Waals surface area contributed by atoms with E-state index in [-0.39, 0.29) is 0 Å². The summed E-state index contributed by atoms with van der Waals surface area (Å²) in [5.41, 5.74) is 2.29. The van der Waals surface area contributed by atoms with E-state index in [0.717, 1.165) is 23.8 Å². The molecule has 0 atom stereocenters. The molecule has 2 nitrogen and oxygen atoms in total. The Morgan fingerprint density at radius 3 is 2.56 bits per heavy atom. The maximum Gasteiger partial charge on any atom is 0.0426 e. The Kier molecular flexibility index (Phi) is 4.48. The number of rotatable bonds is 5. The lowest BCUT2D eigenvalue weighted by atomic mass is 10.3. The van der Waals surface area contributed by atoms with Gasteiger partial charge in [-0.1, -0.05) is 35.9 Å². The molecule has 0 aliphatic heterocycles. The third kappa shape index (κ3) is 3.67. The summed E-state index contributed by atoms with van der Waals surface area (Å²) in [5, 5.41) is 4.12. The topological polar surface area (TPSA) is 15.3 Å². The van der Waals surface area contributed by atoms with E-state index < -0.39 is 0 Å². The second-order valence-corrected chi connectivity index (χ2v) is 4.63. The van der Waals surface area contributed by atoms with Gasteiger partial charge in [0.25, 0.3) is 0 Å². The van der Waals surface area contributed by atoms with Crippen molar-refractivity contribution in [2.24, 2.45) is 0 Å². The van der Waals surface area contributed by atoms with Gasteiger partial charge >= 0.3 is 0 Å². The van der Waals surface area contributed by atoms with Crippen molar-refractivity contribution >= 4 is 23.0 Å². The molecule has 18 heavy (non-hydrogen) atoms. The third-order valence-electron chi connectivity index (χ3n) is 2.80. The Bertz CT molecular complexity index is 485. The first-order valence-electron chi connectivity index (χ1n) is 6.01. The van der Waals surface area contributed by atoms with E-state index >= 15 is 0 Å². The number of nitrogens with zero attached hydrogens (tertiary/aromatic N) is 1. The van der Waals surface area contributed by atoms with E-state index in [2.05, 4.69) is 41.5 Å². The number of halogens is 1. The maximum absolute atomic E-state index is 5.93. The fraction of sp³-hybridized carbons (Fsp3) is 0.200. The number of benzene rings is 2. The summed E-state index contributed by atoms with van der Waals surface area (Å²) in [5.74, 6) is 0. The van der Waals surface area contributed by atoms with Gasteiger partial charge in [0, 0.05) is 36.5 Å². The quantitative estimate of drug-likeness (QED) is 0.878. The van der Waals surface area contributed by atoms with Crippen LogP contribution in [-0.2, 0) is 0 Å². The average Bonchev–Trinajstić information content (AvgIpc) is 2.40. The molecule has 0 heterocycles. The van der Waals surface area contributed by atoms with Gasteiger partial charge in [0.15, 0.2) is 0 Å². The van der Waals surface area contributed by atoms with Crippen LogP contribution in [0.1, 0.15) is 0 Å². The van der Waals surface area contributed by atoms with E-state index in [9.17, 15) is 0 Å². The number of hydrogen-bond donors (Lipinski definition) is 1. The minimum Gasteiger partial charge on any atom is -0.383 e. The summed E-state index contributed by atoms with van der Waals surface area (Å²) in [6.07, 6.45) is 0. The molecule has 3 heteroatoms. The predicted molar refractivity (Wildman–Crippen MR) is 79.7 cm³/mol. The van der Waals surface area contributed by atoms with Crippen LogP contribution in [-0.4, -0.2) is 20.1 Å². The normalized spacial score (nSPS) is 10.1. The molecule has 94 valence electrons. The van der Waals surface area contributed by atoms with Crippen LogP contribution in [0.5, 0.6) is 0 Å². The Hall–Kier alpha value is -1.67. The van der Waals surface area contributed by atoms with Crippen molar-refractivity contribution in [2.45, 2.75) is 0 Å². The molecule has 0 bridgehead atoms.